The van der Waals surface area contributed by atoms with E-state index < -0.39 is 18.0 Å². The number of nitrogens with zero attached hydrogens (tertiary/aromatic N) is 2. The van der Waals surface area contributed by atoms with Crippen molar-refractivity contribution < 1.29 is 29.0 Å². The van der Waals surface area contributed by atoms with Gasteiger partial charge in [-0.15, -0.1) is 0 Å². The van der Waals surface area contributed by atoms with Crippen molar-refractivity contribution in [1.82, 2.24) is 14.9 Å². The fourth-order valence-electron chi connectivity index (χ4n) is 4.73. The first kappa shape index (κ1) is 22.7. The summed E-state index contributed by atoms with van der Waals surface area (Å²) in [5.41, 5.74) is 3.93. The third-order valence-corrected chi connectivity index (χ3v) is 6.42. The number of carbonyl (C=O) groups excluding carboxylic acids is 3. The molecule has 0 aliphatic carbocycles. The number of esters is 2. The van der Waals surface area contributed by atoms with E-state index in [0.717, 1.165) is 16.5 Å². The van der Waals surface area contributed by atoms with Gasteiger partial charge in [0.25, 0.3) is 5.56 Å². The van der Waals surface area contributed by atoms with Gasteiger partial charge in [0.15, 0.2) is 6.10 Å². The lowest BCUT2D eigenvalue weighted by molar-refractivity contribution is -0.157. The number of benzene rings is 1. The molecule has 0 bridgehead atoms. The first-order valence-electron chi connectivity index (χ1n) is 11.4. The number of hydrogen-bond acceptors (Lipinski definition) is 8. The van der Waals surface area contributed by atoms with Crippen molar-refractivity contribution in [3.05, 3.63) is 56.9 Å². The van der Waals surface area contributed by atoms with E-state index in [9.17, 15) is 24.3 Å². The molecule has 0 saturated carbocycles. The Kier molecular flexibility index (Phi) is 5.81. The molecule has 1 unspecified atom stereocenters. The topological polar surface area (TPSA) is 137 Å². The van der Waals surface area contributed by atoms with E-state index in [1.165, 1.54) is 0 Å². The Labute approximate surface area is 199 Å². The van der Waals surface area contributed by atoms with Gasteiger partial charge in [0.05, 0.1) is 29.0 Å². The van der Waals surface area contributed by atoms with Crippen LogP contribution in [0.3, 0.4) is 0 Å². The molecule has 2 N–H and O–H groups in total. The molecule has 180 valence electrons. The fraction of sp³-hybridized carbons (Fsp3) is 0.320. The first-order valence-corrected chi connectivity index (χ1v) is 11.4. The zero-order chi connectivity index (χ0) is 24.7. The number of rotatable bonds is 7. The maximum atomic E-state index is 13.2. The first-order chi connectivity index (χ1) is 16.9. The molecule has 1 aromatic carbocycles. The highest BCUT2D eigenvalue weighted by Crippen LogP contribution is 2.38. The van der Waals surface area contributed by atoms with Gasteiger partial charge < -0.3 is 24.5 Å². The maximum absolute atomic E-state index is 13.2. The van der Waals surface area contributed by atoms with Crippen LogP contribution in [0.4, 0.5) is 0 Å². The van der Waals surface area contributed by atoms with E-state index >= 15 is 0 Å². The molecule has 10 nitrogen and oxygen atoms in total. The number of cyclic esters (lactones) is 1. The van der Waals surface area contributed by atoms with E-state index in [1.807, 2.05) is 6.92 Å². The molecule has 10 heteroatoms. The minimum atomic E-state index is -1.50. The Hall–Kier alpha value is -4.05. The highest BCUT2D eigenvalue weighted by molar-refractivity contribution is 5.90. The number of hydrogen-bond donors (Lipinski definition) is 2. The summed E-state index contributed by atoms with van der Waals surface area (Å²) in [4.78, 5) is 52.3. The SMILES string of the molecule is CCc1c2c(nc3ccc(OC(=O)CCCNC=O)cc13)-c1cc3c(c(=O)n1C2)COC(=O)C3O. The van der Waals surface area contributed by atoms with E-state index in [-0.39, 0.29) is 29.7 Å². The number of fused-ring (bicyclic) bond motifs is 5. The van der Waals surface area contributed by atoms with Gasteiger partial charge in [-0.25, -0.2) is 9.78 Å². The molecule has 1 amide bonds. The van der Waals surface area contributed by atoms with Crippen LogP contribution >= 0.6 is 0 Å². The predicted molar refractivity (Wildman–Crippen MR) is 124 cm³/mol. The Morgan fingerprint density at radius 1 is 1.31 bits per heavy atom. The number of aromatic nitrogens is 2. The molecular weight excluding hydrogens is 454 g/mol. The van der Waals surface area contributed by atoms with Crippen LogP contribution in [0.2, 0.25) is 0 Å². The largest absolute Gasteiger partial charge is 0.458 e. The lowest BCUT2D eigenvalue weighted by Crippen LogP contribution is -2.32. The van der Waals surface area contributed by atoms with Crippen LogP contribution in [0.15, 0.2) is 29.1 Å². The van der Waals surface area contributed by atoms with Crippen molar-refractivity contribution in [2.75, 3.05) is 6.54 Å². The molecule has 0 radical (unpaired) electrons. The molecule has 0 spiro atoms. The monoisotopic (exact) mass is 477 g/mol. The average Bonchev–Trinajstić information content (AvgIpc) is 3.21. The highest BCUT2D eigenvalue weighted by Gasteiger charge is 2.34. The van der Waals surface area contributed by atoms with Gasteiger partial charge in [-0.1, -0.05) is 6.92 Å². The number of aliphatic hydroxyl groups is 1. The number of amides is 1. The van der Waals surface area contributed by atoms with Gasteiger partial charge in [0, 0.05) is 29.5 Å². The van der Waals surface area contributed by atoms with Gasteiger partial charge in [-0.2, -0.15) is 0 Å². The van der Waals surface area contributed by atoms with E-state index in [4.69, 9.17) is 14.5 Å². The van der Waals surface area contributed by atoms with Crippen LogP contribution in [-0.2, 0) is 38.7 Å². The molecule has 2 aliphatic rings. The summed E-state index contributed by atoms with van der Waals surface area (Å²) >= 11 is 0. The van der Waals surface area contributed by atoms with Crippen molar-refractivity contribution in [3.8, 4) is 17.1 Å². The van der Waals surface area contributed by atoms with Gasteiger partial charge in [0.1, 0.15) is 12.4 Å². The quantitative estimate of drug-likeness (QED) is 0.177. The van der Waals surface area contributed by atoms with Crippen molar-refractivity contribution >= 4 is 29.3 Å². The molecule has 2 aliphatic heterocycles. The summed E-state index contributed by atoms with van der Waals surface area (Å²) in [6.07, 6.45) is 0.386. The van der Waals surface area contributed by atoms with Gasteiger partial charge in [-0.3, -0.25) is 14.4 Å². The van der Waals surface area contributed by atoms with Crippen LogP contribution in [0.1, 0.15) is 48.1 Å². The zero-order valence-electron chi connectivity index (χ0n) is 19.0. The molecule has 35 heavy (non-hydrogen) atoms. The van der Waals surface area contributed by atoms with E-state index in [1.54, 1.807) is 28.8 Å². The Bertz CT molecular complexity index is 1440. The smallest absolute Gasteiger partial charge is 0.340 e. The summed E-state index contributed by atoms with van der Waals surface area (Å²) < 4.78 is 12.0. The fourth-order valence-corrected chi connectivity index (χ4v) is 4.73. The Morgan fingerprint density at radius 3 is 2.91 bits per heavy atom. The van der Waals surface area contributed by atoms with Crippen molar-refractivity contribution in [2.24, 2.45) is 0 Å². The summed E-state index contributed by atoms with van der Waals surface area (Å²) in [5, 5.41) is 13.6. The number of ether oxygens (including phenoxy) is 2. The summed E-state index contributed by atoms with van der Waals surface area (Å²) in [5.74, 6) is -0.781. The van der Waals surface area contributed by atoms with Crippen molar-refractivity contribution in [1.29, 1.82) is 0 Å². The third kappa shape index (κ3) is 3.85. The standard InChI is InChI=1S/C25H23N3O7/c1-2-14-15-8-13(35-21(30)4-3-7-26-12-29)5-6-19(15)27-22-17(14)10-28-20(22)9-16-18(24(28)32)11-34-25(33)23(16)31/h5-6,8-9,12,23,31H,2-4,7,10-11H2,1H3,(H,26,29). The normalized spacial score (nSPS) is 15.7. The van der Waals surface area contributed by atoms with Gasteiger partial charge >= 0.3 is 11.9 Å². The van der Waals surface area contributed by atoms with Crippen LogP contribution < -0.4 is 15.6 Å². The molecule has 1 atom stereocenters. The number of carbonyl (C=O) groups is 3. The molecular formula is C25H23N3O7. The van der Waals surface area contributed by atoms with Crippen LogP contribution in [0, 0.1) is 0 Å². The molecule has 5 rings (SSSR count). The Morgan fingerprint density at radius 2 is 2.14 bits per heavy atom. The molecule has 4 heterocycles. The van der Waals surface area contributed by atoms with Crippen LogP contribution in [-0.4, -0.2) is 39.6 Å². The second-order valence-electron chi connectivity index (χ2n) is 8.46. The summed E-state index contributed by atoms with van der Waals surface area (Å²) in [6.45, 7) is 2.53. The van der Waals surface area contributed by atoms with E-state index in [2.05, 4.69) is 5.32 Å². The Balaban J connectivity index is 1.53. The molecule has 0 fully saturated rings. The zero-order valence-corrected chi connectivity index (χ0v) is 19.0. The van der Waals surface area contributed by atoms with Crippen LogP contribution in [0.25, 0.3) is 22.3 Å². The summed E-state index contributed by atoms with van der Waals surface area (Å²) in [7, 11) is 0. The number of aliphatic hydroxyl groups excluding tert-OH is 1. The lowest BCUT2D eigenvalue weighted by atomic mass is 9.97. The maximum Gasteiger partial charge on any atom is 0.340 e. The average molecular weight is 477 g/mol. The lowest BCUT2D eigenvalue weighted by Gasteiger charge is -2.21. The minimum absolute atomic E-state index is 0.170. The van der Waals surface area contributed by atoms with Gasteiger partial charge in [0.2, 0.25) is 6.41 Å². The predicted octanol–water partition coefficient (Wildman–Crippen LogP) is 1.51. The van der Waals surface area contributed by atoms with Crippen LogP contribution in [0.5, 0.6) is 5.75 Å². The molecule has 2 aromatic heterocycles. The second-order valence-corrected chi connectivity index (χ2v) is 8.46. The van der Waals surface area contributed by atoms with E-state index in [0.29, 0.717) is 55.0 Å². The number of nitrogens with one attached hydrogen (secondary N) is 1. The van der Waals surface area contributed by atoms with Crippen molar-refractivity contribution in [2.45, 2.75) is 45.4 Å². The van der Waals surface area contributed by atoms with Crippen molar-refractivity contribution in [3.63, 3.8) is 0 Å². The van der Waals surface area contributed by atoms with Gasteiger partial charge in [-0.05, 0) is 42.7 Å². The third-order valence-electron chi connectivity index (χ3n) is 6.42. The number of pyridine rings is 2. The minimum Gasteiger partial charge on any atom is -0.458 e. The number of aryl methyl sites for hydroxylation is 1. The molecule has 0 saturated heterocycles. The molecule has 3 aromatic rings. The summed E-state index contributed by atoms with van der Waals surface area (Å²) in [6, 6.07) is 6.85. The second kappa shape index (κ2) is 8.95. The highest BCUT2D eigenvalue weighted by atomic mass is 16.5.